The van der Waals surface area contributed by atoms with Gasteiger partial charge in [-0.05, 0) is 44.5 Å². The number of nitrogens with one attached hydrogen (secondary N) is 1. The lowest BCUT2D eigenvalue weighted by Gasteiger charge is -2.45. The zero-order valence-corrected chi connectivity index (χ0v) is 13.0. The molecule has 1 fully saturated rings. The molecule has 0 spiro atoms. The van der Waals surface area contributed by atoms with Gasteiger partial charge < -0.3 is 10.2 Å². The van der Waals surface area contributed by atoms with Gasteiger partial charge >= 0.3 is 0 Å². The predicted molar refractivity (Wildman–Crippen MR) is 79.5 cm³/mol. The molecule has 1 aromatic heterocycles. The molecule has 6 heteroatoms. The maximum absolute atomic E-state index is 13.7. The fraction of sp³-hybridized carbons (Fsp3) is 0.714. The minimum atomic E-state index is -0.466. The number of likely N-dealkylation sites (N-methyl/N-ethyl adjacent to an activating group) is 1. The summed E-state index contributed by atoms with van der Waals surface area (Å²) in [6.07, 6.45) is 5.78. The van der Waals surface area contributed by atoms with Gasteiger partial charge in [0.2, 0.25) is 5.28 Å². The van der Waals surface area contributed by atoms with Gasteiger partial charge in [0.05, 0.1) is 6.20 Å². The Balaban J connectivity index is 2.11. The Hall–Kier alpha value is -0.940. The molecule has 2 rings (SSSR count). The summed E-state index contributed by atoms with van der Waals surface area (Å²) in [6, 6.07) is 0. The first-order chi connectivity index (χ1) is 9.43. The van der Waals surface area contributed by atoms with E-state index in [0.717, 1.165) is 19.0 Å². The van der Waals surface area contributed by atoms with Gasteiger partial charge in [0.25, 0.3) is 0 Å². The lowest BCUT2D eigenvalue weighted by molar-refractivity contribution is 0.0881. The highest BCUT2D eigenvalue weighted by Crippen LogP contribution is 2.35. The summed E-state index contributed by atoms with van der Waals surface area (Å²) in [5, 5.41) is 3.17. The lowest BCUT2D eigenvalue weighted by Crippen LogP contribution is -2.52. The number of rotatable bonds is 4. The minimum absolute atomic E-state index is 0.0432. The summed E-state index contributed by atoms with van der Waals surface area (Å²) in [5.41, 5.74) is 0.0432. The minimum Gasteiger partial charge on any atom is -0.366 e. The molecule has 1 aliphatic rings. The molecule has 1 saturated carbocycles. The molecule has 1 heterocycles. The van der Waals surface area contributed by atoms with Crippen molar-refractivity contribution in [3.63, 3.8) is 0 Å². The summed E-state index contributed by atoms with van der Waals surface area (Å²) < 4.78 is 13.7. The second kappa shape index (κ2) is 6.22. The van der Waals surface area contributed by atoms with E-state index >= 15 is 0 Å². The third kappa shape index (κ3) is 3.38. The number of anilines is 1. The highest BCUT2D eigenvalue weighted by atomic mass is 35.5. The Kier molecular flexibility index (Phi) is 4.81. The smallest absolute Gasteiger partial charge is 0.224 e. The molecule has 0 aromatic carbocycles. The van der Waals surface area contributed by atoms with Gasteiger partial charge in [-0.15, -0.1) is 0 Å². The molecule has 0 bridgehead atoms. The molecule has 20 heavy (non-hydrogen) atoms. The number of aromatic nitrogens is 2. The molecule has 112 valence electrons. The Morgan fingerprint density at radius 2 is 2.30 bits per heavy atom. The van der Waals surface area contributed by atoms with Gasteiger partial charge in [-0.25, -0.2) is 9.37 Å². The largest absolute Gasteiger partial charge is 0.366 e. The molecule has 4 nitrogen and oxygen atoms in total. The molecule has 0 radical (unpaired) electrons. The fourth-order valence-electron chi connectivity index (χ4n) is 3.08. The number of halogens is 2. The van der Waals surface area contributed by atoms with E-state index in [0.29, 0.717) is 12.5 Å². The molecular weight excluding hydrogens is 279 g/mol. The lowest BCUT2D eigenvalue weighted by atomic mass is 9.75. The average molecular weight is 301 g/mol. The first-order valence-corrected chi connectivity index (χ1v) is 7.40. The Bertz CT molecular complexity index is 468. The van der Waals surface area contributed by atoms with Crippen LogP contribution in [0.25, 0.3) is 0 Å². The Morgan fingerprint density at radius 1 is 1.55 bits per heavy atom. The number of hydrogen-bond acceptors (Lipinski definition) is 4. The van der Waals surface area contributed by atoms with E-state index < -0.39 is 5.82 Å². The van der Waals surface area contributed by atoms with Crippen LogP contribution in [0.1, 0.15) is 32.6 Å². The van der Waals surface area contributed by atoms with Crippen molar-refractivity contribution in [2.75, 3.05) is 26.0 Å². The van der Waals surface area contributed by atoms with Crippen molar-refractivity contribution in [1.29, 1.82) is 0 Å². The summed E-state index contributed by atoms with van der Waals surface area (Å²) in [4.78, 5) is 9.79. The third-order valence-electron chi connectivity index (χ3n) is 4.32. The van der Waals surface area contributed by atoms with Crippen LogP contribution < -0.4 is 5.32 Å². The zero-order chi connectivity index (χ0) is 14.8. The normalized spacial score (nSPS) is 26.8. The fourth-order valence-corrected chi connectivity index (χ4v) is 3.21. The van der Waals surface area contributed by atoms with E-state index in [1.165, 1.54) is 12.8 Å². The zero-order valence-electron chi connectivity index (χ0n) is 12.3. The maximum Gasteiger partial charge on any atom is 0.224 e. The summed E-state index contributed by atoms with van der Waals surface area (Å²) in [6.45, 7) is 2.94. The molecule has 2 atom stereocenters. The van der Waals surface area contributed by atoms with Crippen LogP contribution in [-0.4, -0.2) is 41.0 Å². The summed E-state index contributed by atoms with van der Waals surface area (Å²) >= 11 is 5.72. The first kappa shape index (κ1) is 15.4. The molecule has 0 amide bonds. The van der Waals surface area contributed by atoms with Crippen LogP contribution in [0, 0.1) is 11.7 Å². The highest BCUT2D eigenvalue weighted by molar-refractivity contribution is 6.28. The van der Waals surface area contributed by atoms with Crippen LogP contribution in [0.15, 0.2) is 6.20 Å². The van der Waals surface area contributed by atoms with E-state index in [1.54, 1.807) is 0 Å². The Labute approximate surface area is 124 Å². The van der Waals surface area contributed by atoms with Crippen LogP contribution in [0.3, 0.4) is 0 Å². The summed E-state index contributed by atoms with van der Waals surface area (Å²) in [5.74, 6) is 0.406. The van der Waals surface area contributed by atoms with Crippen molar-refractivity contribution in [3.8, 4) is 0 Å². The Morgan fingerprint density at radius 3 is 2.95 bits per heavy atom. The average Bonchev–Trinajstić information content (AvgIpc) is 2.40. The monoisotopic (exact) mass is 300 g/mol. The molecular formula is C14H22ClFN4. The van der Waals surface area contributed by atoms with Crippen LogP contribution in [0.5, 0.6) is 0 Å². The molecule has 0 saturated heterocycles. The van der Waals surface area contributed by atoms with E-state index in [1.807, 2.05) is 0 Å². The second-order valence-corrected chi connectivity index (χ2v) is 6.35. The predicted octanol–water partition coefficient (Wildman–Crippen LogP) is 3.19. The van der Waals surface area contributed by atoms with Crippen molar-refractivity contribution < 1.29 is 4.39 Å². The van der Waals surface area contributed by atoms with Crippen LogP contribution in [-0.2, 0) is 0 Å². The molecule has 1 aromatic rings. The van der Waals surface area contributed by atoms with Crippen molar-refractivity contribution >= 4 is 17.4 Å². The van der Waals surface area contributed by atoms with E-state index in [-0.39, 0.29) is 16.6 Å². The standard InChI is InChI=1S/C14H22ClFN4/c1-10-5-4-6-14(7-10,20(2)3)9-18-12-11(16)8-17-13(15)19-12/h8,10H,4-7,9H2,1-3H3,(H,17,18,19). The maximum atomic E-state index is 13.7. The van der Waals surface area contributed by atoms with E-state index in [4.69, 9.17) is 11.6 Å². The molecule has 0 aliphatic heterocycles. The number of nitrogens with zero attached hydrogens (tertiary/aromatic N) is 3. The van der Waals surface area contributed by atoms with Gasteiger partial charge in [-0.1, -0.05) is 19.8 Å². The van der Waals surface area contributed by atoms with E-state index in [9.17, 15) is 4.39 Å². The molecule has 2 unspecified atom stereocenters. The van der Waals surface area contributed by atoms with Crippen LogP contribution >= 0.6 is 11.6 Å². The van der Waals surface area contributed by atoms with Crippen molar-refractivity contribution in [1.82, 2.24) is 14.9 Å². The SMILES string of the molecule is CC1CCCC(CNc2nc(Cl)ncc2F)(N(C)C)C1. The van der Waals surface area contributed by atoms with Crippen molar-refractivity contribution in [2.45, 2.75) is 38.1 Å². The van der Waals surface area contributed by atoms with Gasteiger partial charge in [-0.3, -0.25) is 0 Å². The third-order valence-corrected chi connectivity index (χ3v) is 4.50. The van der Waals surface area contributed by atoms with Crippen LogP contribution in [0.4, 0.5) is 10.2 Å². The number of hydrogen-bond donors (Lipinski definition) is 1. The van der Waals surface area contributed by atoms with Gasteiger partial charge in [0.15, 0.2) is 11.6 Å². The van der Waals surface area contributed by atoms with Crippen molar-refractivity contribution in [2.24, 2.45) is 5.92 Å². The summed E-state index contributed by atoms with van der Waals surface area (Å²) in [7, 11) is 4.17. The highest BCUT2D eigenvalue weighted by Gasteiger charge is 2.36. The molecule has 1 aliphatic carbocycles. The van der Waals surface area contributed by atoms with Gasteiger partial charge in [-0.2, -0.15) is 4.98 Å². The van der Waals surface area contributed by atoms with Gasteiger partial charge in [0.1, 0.15) is 0 Å². The van der Waals surface area contributed by atoms with Gasteiger partial charge in [0, 0.05) is 12.1 Å². The second-order valence-electron chi connectivity index (χ2n) is 6.01. The van der Waals surface area contributed by atoms with E-state index in [2.05, 4.69) is 41.2 Å². The topological polar surface area (TPSA) is 41.1 Å². The first-order valence-electron chi connectivity index (χ1n) is 7.02. The molecule has 1 N–H and O–H groups in total. The van der Waals surface area contributed by atoms with Crippen molar-refractivity contribution in [3.05, 3.63) is 17.3 Å². The van der Waals surface area contributed by atoms with Crippen LogP contribution in [0.2, 0.25) is 5.28 Å². The quantitative estimate of drug-likeness (QED) is 0.867.